The number of rotatable bonds is 2. The predicted molar refractivity (Wildman–Crippen MR) is 56.4 cm³/mol. The van der Waals surface area contributed by atoms with E-state index < -0.39 is 6.09 Å². The summed E-state index contributed by atoms with van der Waals surface area (Å²) in [5.41, 5.74) is 0.592. The predicted octanol–water partition coefficient (Wildman–Crippen LogP) is 1.83. The number of hydrogen-bond donors (Lipinski definition) is 1. The number of nitrogens with two attached hydrogens (primary N) is 1. The van der Waals surface area contributed by atoms with Gasteiger partial charge in [0.2, 0.25) is 0 Å². The molecule has 0 saturated carbocycles. The Labute approximate surface area is 96.7 Å². The molecule has 0 unspecified atom stereocenters. The lowest BCUT2D eigenvalue weighted by Gasteiger charge is -2.15. The van der Waals surface area contributed by atoms with Crippen molar-refractivity contribution in [2.45, 2.75) is 6.54 Å². The van der Waals surface area contributed by atoms with Gasteiger partial charge in [0.25, 0.3) is 0 Å². The van der Waals surface area contributed by atoms with Crippen LogP contribution in [0.2, 0.25) is 10.3 Å². The molecule has 0 bridgehead atoms. The molecule has 7 heteroatoms. The van der Waals surface area contributed by atoms with E-state index in [9.17, 15) is 4.79 Å². The van der Waals surface area contributed by atoms with Crippen molar-refractivity contribution in [2.24, 2.45) is 5.84 Å². The van der Waals surface area contributed by atoms with E-state index in [1.165, 1.54) is 7.11 Å². The minimum absolute atomic E-state index is 0.107. The van der Waals surface area contributed by atoms with Crippen molar-refractivity contribution in [2.75, 3.05) is 7.11 Å². The maximum absolute atomic E-state index is 11.0. The first-order valence-corrected chi connectivity index (χ1v) is 4.71. The molecule has 5 nitrogen and oxygen atoms in total. The van der Waals surface area contributed by atoms with E-state index in [1.807, 2.05) is 0 Å². The highest BCUT2D eigenvalue weighted by atomic mass is 35.5. The number of carbonyl (C=O) groups excluding carboxylic acids is 1. The van der Waals surface area contributed by atoms with Gasteiger partial charge in [0.15, 0.2) is 0 Å². The molecule has 1 amide bonds. The lowest BCUT2D eigenvalue weighted by Crippen LogP contribution is -2.36. The number of methoxy groups -OCH3 is 1. The van der Waals surface area contributed by atoms with Crippen molar-refractivity contribution >= 4 is 29.3 Å². The van der Waals surface area contributed by atoms with Crippen LogP contribution in [0.4, 0.5) is 4.79 Å². The van der Waals surface area contributed by atoms with Gasteiger partial charge in [-0.15, -0.1) is 0 Å². The molecule has 1 aromatic rings. The zero-order valence-electron chi connectivity index (χ0n) is 7.91. The van der Waals surface area contributed by atoms with E-state index in [-0.39, 0.29) is 16.9 Å². The van der Waals surface area contributed by atoms with Crippen LogP contribution in [0, 0.1) is 0 Å². The molecule has 1 rings (SSSR count). The Morgan fingerprint density at radius 2 is 2.27 bits per heavy atom. The van der Waals surface area contributed by atoms with Crippen molar-refractivity contribution in [1.82, 2.24) is 9.99 Å². The largest absolute Gasteiger partial charge is 0.452 e. The van der Waals surface area contributed by atoms with E-state index in [4.69, 9.17) is 29.0 Å². The van der Waals surface area contributed by atoms with Crippen molar-refractivity contribution in [3.05, 3.63) is 28.0 Å². The Morgan fingerprint density at radius 3 is 2.80 bits per heavy atom. The fraction of sp³-hybridized carbons (Fsp3) is 0.250. The fourth-order valence-electron chi connectivity index (χ4n) is 0.924. The average molecular weight is 250 g/mol. The lowest BCUT2D eigenvalue weighted by molar-refractivity contribution is 0.121. The van der Waals surface area contributed by atoms with Crippen LogP contribution < -0.4 is 5.84 Å². The summed E-state index contributed by atoms with van der Waals surface area (Å²) in [6, 6.07) is 3.20. The van der Waals surface area contributed by atoms with Gasteiger partial charge < -0.3 is 4.74 Å². The summed E-state index contributed by atoms with van der Waals surface area (Å²) in [4.78, 5) is 14.8. The first-order chi connectivity index (χ1) is 7.04. The summed E-state index contributed by atoms with van der Waals surface area (Å²) in [5, 5.41) is 1.38. The van der Waals surface area contributed by atoms with Crippen molar-refractivity contribution < 1.29 is 9.53 Å². The van der Waals surface area contributed by atoms with Gasteiger partial charge >= 0.3 is 6.09 Å². The molecule has 0 radical (unpaired) electrons. The summed E-state index contributed by atoms with van der Waals surface area (Å²) in [6.07, 6.45) is -0.652. The normalized spacial score (nSPS) is 9.87. The van der Waals surface area contributed by atoms with E-state index in [2.05, 4.69) is 9.72 Å². The molecule has 82 valence electrons. The summed E-state index contributed by atoms with van der Waals surface area (Å²) >= 11 is 11.4. The Morgan fingerprint density at radius 1 is 1.60 bits per heavy atom. The maximum atomic E-state index is 11.0. The van der Waals surface area contributed by atoms with Gasteiger partial charge in [-0.2, -0.15) is 0 Å². The Kier molecular flexibility index (Phi) is 4.14. The Balaban J connectivity index is 2.76. The van der Waals surface area contributed by atoms with Crippen molar-refractivity contribution in [3.63, 3.8) is 0 Å². The van der Waals surface area contributed by atoms with E-state index in [0.717, 1.165) is 5.01 Å². The molecule has 0 fully saturated rings. The SMILES string of the molecule is COC(=O)N(N)Cc1ccc(Cl)nc1Cl. The third-order valence-electron chi connectivity index (χ3n) is 1.64. The van der Waals surface area contributed by atoms with Crippen LogP contribution in [0.3, 0.4) is 0 Å². The van der Waals surface area contributed by atoms with Gasteiger partial charge in [0.05, 0.1) is 13.7 Å². The molecule has 2 N–H and O–H groups in total. The van der Waals surface area contributed by atoms with Gasteiger partial charge in [-0.25, -0.2) is 20.6 Å². The highest BCUT2D eigenvalue weighted by Gasteiger charge is 2.12. The van der Waals surface area contributed by atoms with Crippen LogP contribution in [0.25, 0.3) is 0 Å². The maximum Gasteiger partial charge on any atom is 0.424 e. The second-order valence-corrected chi connectivity index (χ2v) is 3.43. The third-order valence-corrected chi connectivity index (χ3v) is 2.18. The van der Waals surface area contributed by atoms with Gasteiger partial charge in [-0.3, -0.25) is 0 Å². The molecule has 0 aromatic carbocycles. The number of ether oxygens (including phenoxy) is 1. The Bertz CT molecular complexity index is 373. The van der Waals surface area contributed by atoms with Crippen LogP contribution in [0.5, 0.6) is 0 Å². The van der Waals surface area contributed by atoms with Gasteiger partial charge in [0.1, 0.15) is 10.3 Å². The highest BCUT2D eigenvalue weighted by molar-refractivity contribution is 6.32. The number of nitrogens with zero attached hydrogens (tertiary/aromatic N) is 2. The second-order valence-electron chi connectivity index (χ2n) is 2.68. The fourth-order valence-corrected chi connectivity index (χ4v) is 1.33. The van der Waals surface area contributed by atoms with E-state index in [1.54, 1.807) is 12.1 Å². The van der Waals surface area contributed by atoms with Crippen molar-refractivity contribution in [1.29, 1.82) is 0 Å². The van der Waals surface area contributed by atoms with Gasteiger partial charge in [0, 0.05) is 5.56 Å². The first-order valence-electron chi connectivity index (χ1n) is 3.95. The second kappa shape index (κ2) is 5.16. The molecule has 0 atom stereocenters. The zero-order chi connectivity index (χ0) is 11.4. The molecule has 0 aliphatic heterocycles. The van der Waals surface area contributed by atoms with Gasteiger partial charge in [-0.05, 0) is 6.07 Å². The molecule has 0 aliphatic carbocycles. The molecule has 15 heavy (non-hydrogen) atoms. The van der Waals surface area contributed by atoms with Crippen LogP contribution in [0.1, 0.15) is 5.56 Å². The Hall–Kier alpha value is -1.04. The molecule has 1 heterocycles. The number of pyridine rings is 1. The number of hydrogen-bond acceptors (Lipinski definition) is 4. The summed E-state index contributed by atoms with van der Waals surface area (Å²) in [6.45, 7) is 0.107. The van der Waals surface area contributed by atoms with Crippen LogP contribution in [-0.4, -0.2) is 23.2 Å². The zero-order valence-corrected chi connectivity index (χ0v) is 9.42. The summed E-state index contributed by atoms with van der Waals surface area (Å²) < 4.78 is 4.42. The van der Waals surface area contributed by atoms with Crippen LogP contribution in [-0.2, 0) is 11.3 Å². The highest BCUT2D eigenvalue weighted by Crippen LogP contribution is 2.17. The standard InChI is InChI=1S/C8H9Cl2N3O2/c1-15-8(14)13(11)4-5-2-3-6(9)12-7(5)10/h2-3H,4,11H2,1H3. The molecule has 0 saturated heterocycles. The monoisotopic (exact) mass is 249 g/mol. The minimum atomic E-state index is -0.652. The molecule has 1 aromatic heterocycles. The number of aromatic nitrogens is 1. The van der Waals surface area contributed by atoms with Gasteiger partial charge in [-0.1, -0.05) is 29.3 Å². The third kappa shape index (κ3) is 3.23. The minimum Gasteiger partial charge on any atom is -0.452 e. The molecular weight excluding hydrogens is 241 g/mol. The van der Waals surface area contributed by atoms with E-state index >= 15 is 0 Å². The number of carbonyl (C=O) groups is 1. The first kappa shape index (κ1) is 12.0. The smallest absolute Gasteiger partial charge is 0.424 e. The quantitative estimate of drug-likeness (QED) is 0.376. The molecule has 0 aliphatic rings. The van der Waals surface area contributed by atoms with Crippen LogP contribution >= 0.6 is 23.2 Å². The average Bonchev–Trinajstić information content (AvgIpc) is 2.20. The van der Waals surface area contributed by atoms with E-state index in [0.29, 0.717) is 5.56 Å². The lowest BCUT2D eigenvalue weighted by atomic mass is 10.3. The molecular formula is C8H9Cl2N3O2. The van der Waals surface area contributed by atoms with Crippen molar-refractivity contribution in [3.8, 4) is 0 Å². The molecule has 0 spiro atoms. The summed E-state index contributed by atoms with van der Waals surface area (Å²) in [5.74, 6) is 5.41. The number of halogens is 2. The summed E-state index contributed by atoms with van der Waals surface area (Å²) in [7, 11) is 1.24. The number of hydrazine groups is 1. The topological polar surface area (TPSA) is 68.5 Å². The number of amides is 1. The van der Waals surface area contributed by atoms with Crippen LogP contribution in [0.15, 0.2) is 12.1 Å².